The summed E-state index contributed by atoms with van der Waals surface area (Å²) in [4.78, 5) is 11.4. The zero-order valence-corrected chi connectivity index (χ0v) is 9.80. The molecule has 0 saturated carbocycles. The van der Waals surface area contributed by atoms with Crippen LogP contribution < -0.4 is 15.2 Å². The van der Waals surface area contributed by atoms with Crippen LogP contribution in [-0.4, -0.2) is 26.5 Å². The van der Waals surface area contributed by atoms with E-state index in [1.165, 1.54) is 14.2 Å². The first-order valence-electron chi connectivity index (χ1n) is 4.91. The van der Waals surface area contributed by atoms with Gasteiger partial charge >= 0.3 is 6.18 Å². The van der Waals surface area contributed by atoms with E-state index < -0.39 is 29.6 Å². The van der Waals surface area contributed by atoms with Gasteiger partial charge in [-0.05, 0) is 12.1 Å². The number of hydrogen-bond acceptors (Lipinski definition) is 4. The Morgan fingerprint density at radius 3 is 2.11 bits per heavy atom. The molecule has 0 bridgehead atoms. The molecule has 0 aliphatic rings. The van der Waals surface area contributed by atoms with Crippen LogP contribution in [0.15, 0.2) is 12.1 Å². The maximum absolute atomic E-state index is 12.8. The molecule has 2 N–H and O–H groups in total. The Balaban J connectivity index is 3.51. The maximum atomic E-state index is 12.8. The van der Waals surface area contributed by atoms with E-state index in [-0.39, 0.29) is 11.5 Å². The van der Waals surface area contributed by atoms with Crippen molar-refractivity contribution in [1.29, 1.82) is 0 Å². The second-order valence-corrected chi connectivity index (χ2v) is 3.38. The molecule has 0 fully saturated rings. The molecule has 0 aliphatic carbocycles. The van der Waals surface area contributed by atoms with E-state index in [1.54, 1.807) is 0 Å². The molecule has 0 radical (unpaired) electrons. The fourth-order valence-electron chi connectivity index (χ4n) is 1.45. The van der Waals surface area contributed by atoms with Gasteiger partial charge in [0.1, 0.15) is 0 Å². The summed E-state index contributed by atoms with van der Waals surface area (Å²) in [5.74, 6) is -0.871. The van der Waals surface area contributed by atoms with Gasteiger partial charge in [-0.1, -0.05) is 0 Å². The molecule has 1 aromatic carbocycles. The quantitative estimate of drug-likeness (QED) is 0.842. The fourth-order valence-corrected chi connectivity index (χ4v) is 1.45. The van der Waals surface area contributed by atoms with Crippen molar-refractivity contribution in [3.8, 4) is 11.5 Å². The van der Waals surface area contributed by atoms with E-state index in [0.717, 1.165) is 12.1 Å². The van der Waals surface area contributed by atoms with Gasteiger partial charge in [-0.3, -0.25) is 4.79 Å². The molecule has 1 aromatic rings. The lowest BCUT2D eigenvalue weighted by molar-refractivity contribution is -0.138. The van der Waals surface area contributed by atoms with Gasteiger partial charge in [0, 0.05) is 5.56 Å². The topological polar surface area (TPSA) is 61.5 Å². The Labute approximate surface area is 101 Å². The largest absolute Gasteiger partial charge is 0.493 e. The van der Waals surface area contributed by atoms with Crippen molar-refractivity contribution in [3.05, 3.63) is 23.3 Å². The third kappa shape index (κ3) is 2.73. The minimum Gasteiger partial charge on any atom is -0.493 e. The molecule has 0 aliphatic heterocycles. The first kappa shape index (κ1) is 14.3. The van der Waals surface area contributed by atoms with Gasteiger partial charge in [-0.15, -0.1) is 0 Å². The lowest BCUT2D eigenvalue weighted by atomic mass is 10.0. The molecule has 0 heterocycles. The van der Waals surface area contributed by atoms with Crippen LogP contribution in [0.1, 0.15) is 15.9 Å². The molecular formula is C11H12F3NO3. The number of Topliss-reactive ketones (excluding diaryl/α,β-unsaturated/α-hetero) is 1. The summed E-state index contributed by atoms with van der Waals surface area (Å²) >= 11 is 0. The number of carbonyl (C=O) groups is 1. The Morgan fingerprint density at radius 2 is 1.72 bits per heavy atom. The minimum absolute atomic E-state index is 0.0438. The predicted octanol–water partition coefficient (Wildman–Crippen LogP) is 1.86. The van der Waals surface area contributed by atoms with Gasteiger partial charge in [0.05, 0.1) is 26.3 Å². The molecule has 0 aromatic heterocycles. The van der Waals surface area contributed by atoms with Crippen molar-refractivity contribution in [2.45, 2.75) is 6.18 Å². The van der Waals surface area contributed by atoms with Crippen LogP contribution in [0, 0.1) is 0 Å². The van der Waals surface area contributed by atoms with Gasteiger partial charge in [0.2, 0.25) is 0 Å². The van der Waals surface area contributed by atoms with Gasteiger partial charge in [-0.2, -0.15) is 13.2 Å². The molecule has 18 heavy (non-hydrogen) atoms. The number of halogens is 3. The van der Waals surface area contributed by atoms with Gasteiger partial charge in [-0.25, -0.2) is 0 Å². The van der Waals surface area contributed by atoms with Crippen LogP contribution in [0.25, 0.3) is 0 Å². The predicted molar refractivity (Wildman–Crippen MR) is 57.9 cm³/mol. The lowest BCUT2D eigenvalue weighted by Gasteiger charge is -2.15. The van der Waals surface area contributed by atoms with E-state index >= 15 is 0 Å². The SMILES string of the molecule is COc1cc(C(=O)CN)c(C(F)(F)F)cc1OC. The highest BCUT2D eigenvalue weighted by Gasteiger charge is 2.36. The number of ether oxygens (including phenoxy) is 2. The minimum atomic E-state index is -4.67. The van der Waals surface area contributed by atoms with Crippen LogP contribution in [0.3, 0.4) is 0 Å². The summed E-state index contributed by atoms with van der Waals surface area (Å²) in [6.45, 7) is -0.515. The first-order valence-corrected chi connectivity index (χ1v) is 4.91. The highest BCUT2D eigenvalue weighted by atomic mass is 19.4. The number of alkyl halides is 3. The number of hydrogen-bond donors (Lipinski definition) is 1. The van der Waals surface area contributed by atoms with E-state index in [0.29, 0.717) is 0 Å². The summed E-state index contributed by atoms with van der Waals surface area (Å²) < 4.78 is 48.0. The monoisotopic (exact) mass is 263 g/mol. The number of rotatable bonds is 4. The maximum Gasteiger partial charge on any atom is 0.417 e. The number of benzene rings is 1. The molecule has 0 saturated heterocycles. The number of carbonyl (C=O) groups excluding carboxylic acids is 1. The Kier molecular flexibility index (Phi) is 4.18. The molecule has 0 amide bonds. The second kappa shape index (κ2) is 5.26. The van der Waals surface area contributed by atoms with Crippen molar-refractivity contribution in [2.75, 3.05) is 20.8 Å². The first-order chi connectivity index (χ1) is 8.35. The number of nitrogens with two attached hydrogens (primary N) is 1. The van der Waals surface area contributed by atoms with Crippen LogP contribution in [-0.2, 0) is 6.18 Å². The van der Waals surface area contributed by atoms with Crippen molar-refractivity contribution in [1.82, 2.24) is 0 Å². The van der Waals surface area contributed by atoms with Gasteiger partial charge in [0.25, 0.3) is 0 Å². The third-order valence-corrected chi connectivity index (χ3v) is 2.31. The highest BCUT2D eigenvalue weighted by molar-refractivity contribution is 5.99. The normalized spacial score (nSPS) is 11.2. The van der Waals surface area contributed by atoms with E-state index in [1.807, 2.05) is 0 Å². The lowest BCUT2D eigenvalue weighted by Crippen LogP contribution is -2.19. The molecule has 0 spiro atoms. The molecule has 0 atom stereocenters. The molecule has 1 rings (SSSR count). The number of ketones is 1. The Hall–Kier alpha value is -1.76. The second-order valence-electron chi connectivity index (χ2n) is 3.38. The standard InChI is InChI=1S/C11H12F3NO3/c1-17-9-3-6(8(16)5-15)7(11(12,13)14)4-10(9)18-2/h3-4H,5,15H2,1-2H3. The Morgan fingerprint density at radius 1 is 1.22 bits per heavy atom. The van der Waals surface area contributed by atoms with Gasteiger partial charge in [0.15, 0.2) is 17.3 Å². The van der Waals surface area contributed by atoms with Gasteiger partial charge < -0.3 is 15.2 Å². The van der Waals surface area contributed by atoms with Crippen LogP contribution in [0.4, 0.5) is 13.2 Å². The molecular weight excluding hydrogens is 251 g/mol. The molecule has 4 nitrogen and oxygen atoms in total. The summed E-state index contributed by atoms with van der Waals surface area (Å²) in [6.07, 6.45) is -4.67. The summed E-state index contributed by atoms with van der Waals surface area (Å²) in [6, 6.07) is 1.71. The summed E-state index contributed by atoms with van der Waals surface area (Å²) in [5, 5.41) is 0. The average molecular weight is 263 g/mol. The number of methoxy groups -OCH3 is 2. The van der Waals surface area contributed by atoms with E-state index in [9.17, 15) is 18.0 Å². The average Bonchev–Trinajstić information content (AvgIpc) is 2.34. The zero-order chi connectivity index (χ0) is 13.9. The fraction of sp³-hybridized carbons (Fsp3) is 0.364. The van der Waals surface area contributed by atoms with Crippen LogP contribution in [0.5, 0.6) is 11.5 Å². The third-order valence-electron chi connectivity index (χ3n) is 2.31. The van der Waals surface area contributed by atoms with Crippen molar-refractivity contribution < 1.29 is 27.4 Å². The van der Waals surface area contributed by atoms with Crippen molar-refractivity contribution >= 4 is 5.78 Å². The Bertz CT molecular complexity index is 458. The highest BCUT2D eigenvalue weighted by Crippen LogP contribution is 2.39. The van der Waals surface area contributed by atoms with Crippen LogP contribution in [0.2, 0.25) is 0 Å². The van der Waals surface area contributed by atoms with E-state index in [4.69, 9.17) is 15.2 Å². The summed E-state index contributed by atoms with van der Waals surface area (Å²) in [7, 11) is 2.48. The van der Waals surface area contributed by atoms with Crippen molar-refractivity contribution in [2.24, 2.45) is 5.73 Å². The van der Waals surface area contributed by atoms with Crippen LogP contribution >= 0.6 is 0 Å². The molecule has 7 heteroatoms. The zero-order valence-electron chi connectivity index (χ0n) is 9.80. The van der Waals surface area contributed by atoms with E-state index in [2.05, 4.69) is 0 Å². The summed E-state index contributed by atoms with van der Waals surface area (Å²) in [5.41, 5.74) is 3.48. The smallest absolute Gasteiger partial charge is 0.417 e. The molecule has 100 valence electrons. The van der Waals surface area contributed by atoms with Crippen molar-refractivity contribution in [3.63, 3.8) is 0 Å². The molecule has 0 unspecified atom stereocenters.